The minimum Gasteiger partial charge on any atom is -0.456 e. The van der Waals surface area contributed by atoms with Gasteiger partial charge in [-0.05, 0) is 35.5 Å². The lowest BCUT2D eigenvalue weighted by atomic mass is 10.1. The van der Waals surface area contributed by atoms with E-state index in [-0.39, 0.29) is 31.2 Å². The average molecular weight is 490 g/mol. The third-order valence-electron chi connectivity index (χ3n) is 5.19. The van der Waals surface area contributed by atoms with Crippen molar-refractivity contribution in [2.75, 3.05) is 26.3 Å². The number of rotatable bonds is 4. The molecule has 2 aliphatic rings. The van der Waals surface area contributed by atoms with E-state index in [0.29, 0.717) is 27.9 Å². The topological polar surface area (TPSA) is 119 Å². The van der Waals surface area contributed by atoms with Crippen molar-refractivity contribution in [2.45, 2.75) is 4.90 Å². The lowest BCUT2D eigenvalue weighted by molar-refractivity contribution is -0.115. The average Bonchev–Trinajstić information content (AvgIpc) is 3.35. The highest BCUT2D eigenvalue weighted by molar-refractivity contribution is 8.18. The molecule has 4 heterocycles. The molecule has 0 atom stereocenters. The Morgan fingerprint density at radius 2 is 1.94 bits per heavy atom. The highest BCUT2D eigenvalue weighted by Gasteiger charge is 2.29. The molecule has 0 aliphatic carbocycles. The first-order chi connectivity index (χ1) is 15.8. The first kappa shape index (κ1) is 21.8. The Labute approximate surface area is 191 Å². The number of imide groups is 1. The van der Waals surface area contributed by atoms with Gasteiger partial charge in [-0.25, -0.2) is 12.8 Å². The lowest BCUT2D eigenvalue weighted by Gasteiger charge is -2.26. The molecule has 33 heavy (non-hydrogen) atoms. The number of nitrogens with zero attached hydrogens (tertiary/aromatic N) is 2. The number of furan rings is 1. The Kier molecular flexibility index (Phi) is 5.52. The largest absolute Gasteiger partial charge is 0.456 e. The monoisotopic (exact) mass is 489 g/mol. The van der Waals surface area contributed by atoms with E-state index in [0.717, 1.165) is 17.8 Å². The summed E-state index contributed by atoms with van der Waals surface area (Å²) in [5.41, 5.74) is 1.21. The number of amides is 2. The van der Waals surface area contributed by atoms with E-state index < -0.39 is 31.9 Å². The number of nitrogens with one attached hydrogen (secondary N) is 1. The van der Waals surface area contributed by atoms with Crippen molar-refractivity contribution in [3.8, 4) is 11.1 Å². The predicted molar refractivity (Wildman–Crippen MR) is 118 cm³/mol. The Morgan fingerprint density at radius 1 is 1.15 bits per heavy atom. The highest BCUT2D eigenvalue weighted by Crippen LogP contribution is 2.34. The molecule has 2 aromatic heterocycles. The van der Waals surface area contributed by atoms with Crippen LogP contribution in [0.4, 0.5) is 9.18 Å². The molecule has 2 amide bonds. The summed E-state index contributed by atoms with van der Waals surface area (Å²) < 4.78 is 52.8. The second-order valence-electron chi connectivity index (χ2n) is 7.27. The summed E-state index contributed by atoms with van der Waals surface area (Å²) >= 11 is 0.764. The van der Waals surface area contributed by atoms with Crippen LogP contribution in [-0.4, -0.2) is 55.2 Å². The third kappa shape index (κ3) is 4.06. The molecule has 0 unspecified atom stereocenters. The summed E-state index contributed by atoms with van der Waals surface area (Å²) in [5, 5.41) is 2.30. The number of benzene rings is 1. The molecule has 3 aromatic rings. The van der Waals surface area contributed by atoms with E-state index in [1.54, 1.807) is 12.3 Å². The van der Waals surface area contributed by atoms with Crippen LogP contribution in [0.25, 0.3) is 28.2 Å². The van der Waals surface area contributed by atoms with Crippen LogP contribution >= 0.6 is 11.8 Å². The molecule has 2 fully saturated rings. The number of hydrogen-bond donors (Lipinski definition) is 1. The zero-order valence-electron chi connectivity index (χ0n) is 16.9. The molecule has 9 nitrogen and oxygen atoms in total. The van der Waals surface area contributed by atoms with E-state index in [2.05, 4.69) is 10.3 Å². The van der Waals surface area contributed by atoms with Crippen LogP contribution in [0.1, 0.15) is 5.76 Å². The number of fused-ring (bicyclic) bond motifs is 1. The van der Waals surface area contributed by atoms with Crippen LogP contribution in [0, 0.1) is 5.82 Å². The van der Waals surface area contributed by atoms with E-state index in [9.17, 15) is 22.4 Å². The quantitative estimate of drug-likeness (QED) is 0.556. The number of thioether (sulfide) groups is 1. The molecular formula is C21H16FN3O6S2. The highest BCUT2D eigenvalue weighted by atomic mass is 32.2. The van der Waals surface area contributed by atoms with Gasteiger partial charge in [0, 0.05) is 42.5 Å². The SMILES string of the molecule is O=C1NC(=O)/C(=C/c2cc3cncc(-c4ccc(S(=O)(=O)N5CCOCC5)c(F)c4)c3o2)S1. The molecule has 0 radical (unpaired) electrons. The lowest BCUT2D eigenvalue weighted by Crippen LogP contribution is -2.40. The maximum atomic E-state index is 15.0. The summed E-state index contributed by atoms with van der Waals surface area (Å²) in [5.74, 6) is -1.08. The number of hydrogen-bond acceptors (Lipinski definition) is 8. The summed E-state index contributed by atoms with van der Waals surface area (Å²) in [6.45, 7) is 0.856. The first-order valence-corrected chi connectivity index (χ1v) is 12.1. The van der Waals surface area contributed by atoms with Crippen LogP contribution in [0.2, 0.25) is 0 Å². The van der Waals surface area contributed by atoms with Crippen molar-refractivity contribution in [1.29, 1.82) is 0 Å². The summed E-state index contributed by atoms with van der Waals surface area (Å²) in [4.78, 5) is 27.1. The van der Waals surface area contributed by atoms with E-state index in [4.69, 9.17) is 9.15 Å². The van der Waals surface area contributed by atoms with Crippen LogP contribution in [-0.2, 0) is 19.6 Å². The molecule has 2 saturated heterocycles. The molecule has 1 N–H and O–H groups in total. The maximum absolute atomic E-state index is 15.0. The summed E-state index contributed by atoms with van der Waals surface area (Å²) in [7, 11) is -3.99. The zero-order chi connectivity index (χ0) is 23.2. The number of halogens is 1. The van der Waals surface area contributed by atoms with Crippen LogP contribution in [0.5, 0.6) is 0 Å². The van der Waals surface area contributed by atoms with Crippen LogP contribution in [0.3, 0.4) is 0 Å². The minimum absolute atomic E-state index is 0.166. The van der Waals surface area contributed by atoms with E-state index in [1.807, 2.05) is 0 Å². The number of aromatic nitrogens is 1. The van der Waals surface area contributed by atoms with Gasteiger partial charge in [-0.2, -0.15) is 4.31 Å². The van der Waals surface area contributed by atoms with Gasteiger partial charge in [0.25, 0.3) is 11.1 Å². The van der Waals surface area contributed by atoms with Gasteiger partial charge in [0.15, 0.2) is 0 Å². The first-order valence-electron chi connectivity index (χ1n) is 9.83. The fourth-order valence-electron chi connectivity index (χ4n) is 3.61. The van der Waals surface area contributed by atoms with Gasteiger partial charge in [-0.15, -0.1) is 0 Å². The molecule has 170 valence electrons. The summed E-state index contributed by atoms with van der Waals surface area (Å²) in [6.07, 6.45) is 4.46. The minimum atomic E-state index is -3.99. The van der Waals surface area contributed by atoms with Crippen molar-refractivity contribution < 1.29 is 31.6 Å². The molecule has 5 rings (SSSR count). The van der Waals surface area contributed by atoms with Gasteiger partial charge >= 0.3 is 0 Å². The Bertz CT molecular complexity index is 1430. The van der Waals surface area contributed by atoms with Gasteiger partial charge in [-0.1, -0.05) is 6.07 Å². The fourth-order valence-corrected chi connectivity index (χ4v) is 5.73. The number of ether oxygens (including phenoxy) is 1. The standard InChI is InChI=1S/C21H16FN3O6S2/c22-16-8-12(1-2-18(16)33(28,29)25-3-5-30-6-4-25)15-11-23-10-13-7-14(31-19(13)15)9-17-20(26)24-21(27)32-17/h1-2,7-11H,3-6H2,(H,24,26,27)/b17-9-. The zero-order valence-corrected chi connectivity index (χ0v) is 18.5. The normalized spacial score (nSPS) is 18.9. The molecule has 12 heteroatoms. The smallest absolute Gasteiger partial charge is 0.290 e. The van der Waals surface area contributed by atoms with E-state index in [1.165, 1.54) is 28.7 Å². The Hall–Kier alpha value is -3.06. The second kappa shape index (κ2) is 8.37. The van der Waals surface area contributed by atoms with Crippen molar-refractivity contribution in [1.82, 2.24) is 14.6 Å². The van der Waals surface area contributed by atoms with Gasteiger partial charge in [-0.3, -0.25) is 19.9 Å². The van der Waals surface area contributed by atoms with Gasteiger partial charge in [0.2, 0.25) is 10.0 Å². The maximum Gasteiger partial charge on any atom is 0.290 e. The Balaban J connectivity index is 1.51. The summed E-state index contributed by atoms with van der Waals surface area (Å²) in [6, 6.07) is 5.49. The number of pyridine rings is 1. The van der Waals surface area contributed by atoms with Crippen LogP contribution < -0.4 is 5.32 Å². The third-order valence-corrected chi connectivity index (χ3v) is 7.93. The van der Waals surface area contributed by atoms with Crippen molar-refractivity contribution in [2.24, 2.45) is 0 Å². The molecule has 0 saturated carbocycles. The van der Waals surface area contributed by atoms with E-state index >= 15 is 0 Å². The molecule has 1 aromatic carbocycles. The van der Waals surface area contributed by atoms with Crippen molar-refractivity contribution in [3.05, 3.63) is 53.1 Å². The second-order valence-corrected chi connectivity index (χ2v) is 10.2. The molecule has 0 bridgehead atoms. The molecule has 2 aliphatic heterocycles. The molecular weight excluding hydrogens is 473 g/mol. The number of carbonyl (C=O) groups is 2. The van der Waals surface area contributed by atoms with Crippen LogP contribution in [0.15, 0.2) is 50.9 Å². The fraction of sp³-hybridized carbons (Fsp3) is 0.190. The Morgan fingerprint density at radius 3 is 2.64 bits per heavy atom. The van der Waals surface area contributed by atoms with Gasteiger partial charge < -0.3 is 9.15 Å². The predicted octanol–water partition coefficient (Wildman–Crippen LogP) is 2.98. The number of carbonyl (C=O) groups excluding carboxylic acids is 2. The van der Waals surface area contributed by atoms with Gasteiger partial charge in [0.1, 0.15) is 22.1 Å². The van der Waals surface area contributed by atoms with Crippen molar-refractivity contribution >= 4 is 50.0 Å². The number of morpholine rings is 1. The van der Waals surface area contributed by atoms with Gasteiger partial charge in [0.05, 0.1) is 18.1 Å². The number of sulfonamides is 1. The van der Waals surface area contributed by atoms with Crippen molar-refractivity contribution in [3.63, 3.8) is 0 Å². The molecule has 0 spiro atoms.